The number of carbonyl (C=O) groups excluding carboxylic acids is 1. The molecule has 4 N–H and O–H groups in total. The molecule has 6 nitrogen and oxygen atoms in total. The van der Waals surface area contributed by atoms with Crippen molar-refractivity contribution in [3.8, 4) is 11.4 Å². The smallest absolute Gasteiger partial charge is 0.230 e. The van der Waals surface area contributed by atoms with E-state index in [0.717, 1.165) is 31.2 Å². The molecule has 2 rings (SSSR count). The maximum Gasteiger partial charge on any atom is 0.230 e. The van der Waals surface area contributed by atoms with Crippen LogP contribution in [0.5, 0.6) is 0 Å². The summed E-state index contributed by atoms with van der Waals surface area (Å²) in [6.45, 7) is 2.89. The van der Waals surface area contributed by atoms with Crippen molar-refractivity contribution >= 4 is 5.91 Å². The van der Waals surface area contributed by atoms with Gasteiger partial charge in [0.05, 0.1) is 0 Å². The van der Waals surface area contributed by atoms with E-state index in [1.54, 1.807) is 0 Å². The highest BCUT2D eigenvalue weighted by atomic mass is 16.5. The molecule has 1 aromatic heterocycles. The van der Waals surface area contributed by atoms with Crippen molar-refractivity contribution in [2.24, 2.45) is 11.5 Å². The summed E-state index contributed by atoms with van der Waals surface area (Å²) >= 11 is 0. The van der Waals surface area contributed by atoms with Gasteiger partial charge in [0, 0.05) is 17.9 Å². The van der Waals surface area contributed by atoms with E-state index in [1.165, 1.54) is 56.9 Å². The van der Waals surface area contributed by atoms with Gasteiger partial charge >= 0.3 is 0 Å². The topological polar surface area (TPSA) is 108 Å². The molecule has 0 aliphatic heterocycles. The summed E-state index contributed by atoms with van der Waals surface area (Å²) in [5, 5.41) is 4.13. The molecule has 0 saturated carbocycles. The van der Waals surface area contributed by atoms with Crippen molar-refractivity contribution in [1.82, 2.24) is 10.1 Å². The first kappa shape index (κ1) is 25.1. The van der Waals surface area contributed by atoms with Crippen LogP contribution >= 0.6 is 0 Å². The van der Waals surface area contributed by atoms with Crippen molar-refractivity contribution in [2.45, 2.75) is 96.3 Å². The first-order chi connectivity index (χ1) is 15.1. The van der Waals surface area contributed by atoms with Gasteiger partial charge < -0.3 is 16.0 Å². The second kappa shape index (κ2) is 14.7. The number of hydrogen-bond acceptors (Lipinski definition) is 5. The third kappa shape index (κ3) is 9.64. The first-order valence-corrected chi connectivity index (χ1v) is 12.0. The van der Waals surface area contributed by atoms with Crippen LogP contribution in [0.1, 0.15) is 101 Å². The average molecular weight is 429 g/mol. The highest BCUT2D eigenvalue weighted by Gasteiger charge is 2.21. The quantitative estimate of drug-likeness (QED) is 0.323. The lowest BCUT2D eigenvalue weighted by Crippen LogP contribution is -2.16. The minimum Gasteiger partial charge on any atom is -0.370 e. The highest BCUT2D eigenvalue weighted by Crippen LogP contribution is 2.26. The molecule has 172 valence electrons. The van der Waals surface area contributed by atoms with Crippen LogP contribution in [0.25, 0.3) is 11.4 Å². The zero-order valence-corrected chi connectivity index (χ0v) is 19.2. The molecule has 0 aliphatic rings. The fraction of sp³-hybridized carbons (Fsp3) is 0.640. The number of rotatable bonds is 17. The maximum absolute atomic E-state index is 11.4. The number of nitrogens with zero attached hydrogens (tertiary/aromatic N) is 2. The normalized spacial score (nSPS) is 12.2. The maximum atomic E-state index is 11.4. The van der Waals surface area contributed by atoms with Gasteiger partial charge in [-0.15, -0.1) is 0 Å². The third-order valence-electron chi connectivity index (χ3n) is 5.78. The standard InChI is InChI=1S/C25H40N4O2/c1-2-3-4-5-6-7-8-9-12-20-14-16-21(17-15-20)24-28-25(31-29-24)22(19-23(27)30)13-10-11-18-26/h14-17,22H,2-13,18-19,26H2,1H3,(H2,27,30). The zero-order valence-electron chi connectivity index (χ0n) is 19.2. The molecular weight excluding hydrogens is 388 g/mol. The molecule has 0 fully saturated rings. The van der Waals surface area contributed by atoms with Gasteiger partial charge in [0.15, 0.2) is 0 Å². The van der Waals surface area contributed by atoms with Crippen molar-refractivity contribution in [3.05, 3.63) is 35.7 Å². The van der Waals surface area contributed by atoms with Gasteiger partial charge in [0.2, 0.25) is 17.6 Å². The molecule has 1 atom stereocenters. The molecule has 31 heavy (non-hydrogen) atoms. The Bertz CT molecular complexity index is 742. The number of primary amides is 1. The van der Waals surface area contributed by atoms with E-state index < -0.39 is 0 Å². The molecule has 2 aromatic rings. The summed E-state index contributed by atoms with van der Waals surface area (Å²) in [5.41, 5.74) is 13.2. The lowest BCUT2D eigenvalue weighted by Gasteiger charge is -2.09. The predicted octanol–water partition coefficient (Wildman–Crippen LogP) is 5.51. The molecule has 0 spiro atoms. The first-order valence-electron chi connectivity index (χ1n) is 12.0. The second-order valence-corrected chi connectivity index (χ2v) is 8.53. The Labute approximate surface area is 187 Å². The number of benzene rings is 1. The zero-order chi connectivity index (χ0) is 22.3. The van der Waals surface area contributed by atoms with Crippen LogP contribution in [0.4, 0.5) is 0 Å². The minimum atomic E-state index is -0.359. The van der Waals surface area contributed by atoms with Crippen LogP contribution in [0.3, 0.4) is 0 Å². The Hall–Kier alpha value is -2.21. The van der Waals surface area contributed by atoms with Crippen LogP contribution in [-0.2, 0) is 11.2 Å². The molecule has 1 unspecified atom stereocenters. The predicted molar refractivity (Wildman–Crippen MR) is 126 cm³/mol. The highest BCUT2D eigenvalue weighted by molar-refractivity contribution is 5.74. The van der Waals surface area contributed by atoms with Gasteiger partial charge in [-0.1, -0.05) is 87.7 Å². The fourth-order valence-electron chi connectivity index (χ4n) is 3.89. The van der Waals surface area contributed by atoms with Crippen molar-refractivity contribution < 1.29 is 9.32 Å². The molecule has 1 heterocycles. The van der Waals surface area contributed by atoms with Gasteiger partial charge in [-0.25, -0.2) is 0 Å². The summed E-state index contributed by atoms with van der Waals surface area (Å²) in [7, 11) is 0. The Morgan fingerprint density at radius 2 is 1.65 bits per heavy atom. The van der Waals surface area contributed by atoms with Crippen LogP contribution in [0, 0.1) is 0 Å². The number of hydrogen-bond donors (Lipinski definition) is 2. The van der Waals surface area contributed by atoms with E-state index in [1.807, 2.05) is 12.1 Å². The largest absolute Gasteiger partial charge is 0.370 e. The molecule has 0 radical (unpaired) electrons. The van der Waals surface area contributed by atoms with Crippen LogP contribution < -0.4 is 11.5 Å². The fourth-order valence-corrected chi connectivity index (χ4v) is 3.89. The van der Waals surface area contributed by atoms with E-state index >= 15 is 0 Å². The third-order valence-corrected chi connectivity index (χ3v) is 5.78. The SMILES string of the molecule is CCCCCCCCCCc1ccc(-c2noc(C(CCCCN)CC(N)=O)n2)cc1. The lowest BCUT2D eigenvalue weighted by molar-refractivity contribution is -0.118. The summed E-state index contributed by atoms with van der Waals surface area (Å²) in [6.07, 6.45) is 14.6. The van der Waals surface area contributed by atoms with Crippen molar-refractivity contribution in [1.29, 1.82) is 0 Å². The average Bonchev–Trinajstić information content (AvgIpc) is 3.25. The van der Waals surface area contributed by atoms with Crippen LogP contribution in [-0.4, -0.2) is 22.6 Å². The summed E-state index contributed by atoms with van der Waals surface area (Å²) in [5.74, 6) is 0.533. The number of nitrogens with two attached hydrogens (primary N) is 2. The molecule has 1 aromatic carbocycles. The van der Waals surface area contributed by atoms with E-state index in [-0.39, 0.29) is 18.2 Å². The number of aromatic nitrogens is 2. The Morgan fingerprint density at radius 3 is 2.29 bits per heavy atom. The van der Waals surface area contributed by atoms with Crippen molar-refractivity contribution in [2.75, 3.05) is 6.54 Å². The van der Waals surface area contributed by atoms with E-state index in [9.17, 15) is 4.79 Å². The van der Waals surface area contributed by atoms with E-state index in [0.29, 0.717) is 18.3 Å². The number of amides is 1. The monoisotopic (exact) mass is 428 g/mol. The Kier molecular flexibility index (Phi) is 11.9. The van der Waals surface area contributed by atoms with Crippen LogP contribution in [0.15, 0.2) is 28.8 Å². The summed E-state index contributed by atoms with van der Waals surface area (Å²) in [6, 6.07) is 8.39. The Morgan fingerprint density at radius 1 is 0.968 bits per heavy atom. The molecule has 1 amide bonds. The lowest BCUT2D eigenvalue weighted by atomic mass is 9.98. The van der Waals surface area contributed by atoms with Crippen LogP contribution in [0.2, 0.25) is 0 Å². The minimum absolute atomic E-state index is 0.147. The van der Waals surface area contributed by atoms with Gasteiger partial charge in [-0.05, 0) is 37.8 Å². The second-order valence-electron chi connectivity index (χ2n) is 8.53. The van der Waals surface area contributed by atoms with Gasteiger partial charge in [0.25, 0.3) is 0 Å². The number of aryl methyl sites for hydroxylation is 1. The van der Waals surface area contributed by atoms with Gasteiger partial charge in [-0.3, -0.25) is 4.79 Å². The number of unbranched alkanes of at least 4 members (excludes halogenated alkanes) is 8. The molecular formula is C25H40N4O2. The molecule has 0 saturated heterocycles. The van der Waals surface area contributed by atoms with E-state index in [2.05, 4.69) is 29.2 Å². The summed E-state index contributed by atoms with van der Waals surface area (Å²) < 4.78 is 5.47. The van der Waals surface area contributed by atoms with Gasteiger partial charge in [0.1, 0.15) is 0 Å². The molecule has 0 bridgehead atoms. The number of carbonyl (C=O) groups is 1. The molecule has 0 aliphatic carbocycles. The van der Waals surface area contributed by atoms with E-state index in [4.69, 9.17) is 16.0 Å². The Balaban J connectivity index is 1.82. The van der Waals surface area contributed by atoms with Gasteiger partial charge in [-0.2, -0.15) is 4.98 Å². The summed E-state index contributed by atoms with van der Waals surface area (Å²) in [4.78, 5) is 16.0. The van der Waals surface area contributed by atoms with Crippen molar-refractivity contribution in [3.63, 3.8) is 0 Å². The molecule has 6 heteroatoms.